The van der Waals surface area contributed by atoms with Crippen LogP contribution in [0.5, 0.6) is 23.0 Å². The fourth-order valence-corrected chi connectivity index (χ4v) is 2.31. The molecule has 0 bridgehead atoms. The Labute approximate surface area is 147 Å². The molecular weight excluding hydrogens is 314 g/mol. The molecule has 0 radical (unpaired) electrons. The summed E-state index contributed by atoms with van der Waals surface area (Å²) in [6.07, 6.45) is 1.79. The number of rotatable bonds is 6. The zero-order chi connectivity index (χ0) is 17.5. The summed E-state index contributed by atoms with van der Waals surface area (Å²) >= 11 is 0. The summed E-state index contributed by atoms with van der Waals surface area (Å²) in [6.45, 7) is 0. The highest BCUT2D eigenvalue weighted by Gasteiger charge is 2.03. The Kier molecular flexibility index (Phi) is 5.32. The van der Waals surface area contributed by atoms with Crippen molar-refractivity contribution in [3.8, 4) is 23.0 Å². The van der Waals surface area contributed by atoms with Crippen molar-refractivity contribution in [2.45, 2.75) is 0 Å². The van der Waals surface area contributed by atoms with E-state index >= 15 is 0 Å². The minimum atomic E-state index is 0.679. The van der Waals surface area contributed by atoms with E-state index in [9.17, 15) is 0 Å². The van der Waals surface area contributed by atoms with Crippen LogP contribution in [0.3, 0.4) is 0 Å². The smallest absolute Gasteiger partial charge is 0.161 e. The highest BCUT2D eigenvalue weighted by Crippen LogP contribution is 2.27. The van der Waals surface area contributed by atoms with Crippen LogP contribution in [0.25, 0.3) is 0 Å². The van der Waals surface area contributed by atoms with Crippen molar-refractivity contribution in [3.05, 3.63) is 78.4 Å². The quantitative estimate of drug-likeness (QED) is 0.579. The molecule has 3 rings (SSSR count). The average molecular weight is 333 g/mol. The standard InChI is InChI=1S/C21H19NO3/c1-23-20-13-8-16(14-21(20)24-2)15-22-17-9-11-19(12-10-17)25-18-6-4-3-5-7-18/h3-15H,1-2H3. The van der Waals surface area contributed by atoms with Crippen molar-refractivity contribution in [1.82, 2.24) is 0 Å². The van der Waals surface area contributed by atoms with Gasteiger partial charge in [-0.25, -0.2) is 0 Å². The lowest BCUT2D eigenvalue weighted by molar-refractivity contribution is 0.355. The van der Waals surface area contributed by atoms with Crippen LogP contribution < -0.4 is 14.2 Å². The maximum Gasteiger partial charge on any atom is 0.161 e. The van der Waals surface area contributed by atoms with Gasteiger partial charge in [0.15, 0.2) is 11.5 Å². The van der Waals surface area contributed by atoms with Crippen LogP contribution in [0.2, 0.25) is 0 Å². The van der Waals surface area contributed by atoms with Crippen molar-refractivity contribution in [3.63, 3.8) is 0 Å². The van der Waals surface area contributed by atoms with Crippen LogP contribution in [-0.4, -0.2) is 20.4 Å². The molecule has 3 aromatic carbocycles. The van der Waals surface area contributed by atoms with Gasteiger partial charge in [-0.3, -0.25) is 4.99 Å². The topological polar surface area (TPSA) is 40.0 Å². The molecule has 0 spiro atoms. The molecule has 4 nitrogen and oxygen atoms in total. The largest absolute Gasteiger partial charge is 0.493 e. The first kappa shape index (κ1) is 16.6. The summed E-state index contributed by atoms with van der Waals surface area (Å²) in [5.41, 5.74) is 1.78. The first-order chi connectivity index (χ1) is 12.3. The number of nitrogens with zero attached hydrogens (tertiary/aromatic N) is 1. The van der Waals surface area contributed by atoms with E-state index < -0.39 is 0 Å². The molecule has 126 valence electrons. The van der Waals surface area contributed by atoms with Gasteiger partial charge in [0.2, 0.25) is 0 Å². The summed E-state index contributed by atoms with van der Waals surface area (Å²) in [7, 11) is 3.23. The van der Waals surface area contributed by atoms with Crippen LogP contribution in [0.1, 0.15) is 5.56 Å². The normalized spacial score (nSPS) is 10.6. The van der Waals surface area contributed by atoms with Crippen molar-refractivity contribution in [2.75, 3.05) is 14.2 Å². The van der Waals surface area contributed by atoms with E-state index in [1.807, 2.05) is 72.8 Å². The van der Waals surface area contributed by atoms with Crippen molar-refractivity contribution in [2.24, 2.45) is 4.99 Å². The molecule has 3 aromatic rings. The molecule has 4 heteroatoms. The third-order valence-corrected chi connectivity index (χ3v) is 3.59. The van der Waals surface area contributed by atoms with Crippen LogP contribution in [-0.2, 0) is 0 Å². The molecule has 0 aromatic heterocycles. The molecule has 0 fully saturated rings. The van der Waals surface area contributed by atoms with E-state index in [0.717, 1.165) is 22.7 Å². The molecule has 0 aliphatic carbocycles. The zero-order valence-corrected chi connectivity index (χ0v) is 14.2. The van der Waals surface area contributed by atoms with Crippen LogP contribution in [0.4, 0.5) is 5.69 Å². The molecule has 0 atom stereocenters. The molecular formula is C21H19NO3. The summed E-state index contributed by atoms with van der Waals surface area (Å²) in [5.74, 6) is 2.96. The first-order valence-corrected chi connectivity index (χ1v) is 7.87. The Morgan fingerprint density at radius 3 is 2.08 bits per heavy atom. The van der Waals surface area contributed by atoms with Gasteiger partial charge in [0.1, 0.15) is 11.5 Å². The predicted octanol–water partition coefficient (Wildman–Crippen LogP) is 5.25. The number of para-hydroxylation sites is 1. The van der Waals surface area contributed by atoms with Crippen molar-refractivity contribution in [1.29, 1.82) is 0 Å². The van der Waals surface area contributed by atoms with Crippen LogP contribution in [0.15, 0.2) is 77.8 Å². The summed E-state index contributed by atoms with van der Waals surface area (Å²) in [6, 6.07) is 23.0. The van der Waals surface area contributed by atoms with E-state index in [1.54, 1.807) is 20.4 Å². The molecule has 25 heavy (non-hydrogen) atoms. The lowest BCUT2D eigenvalue weighted by atomic mass is 10.2. The second-order valence-electron chi connectivity index (χ2n) is 5.28. The van der Waals surface area contributed by atoms with Gasteiger partial charge in [0, 0.05) is 6.21 Å². The number of hydrogen-bond acceptors (Lipinski definition) is 4. The highest BCUT2D eigenvalue weighted by molar-refractivity contribution is 5.83. The van der Waals surface area contributed by atoms with Gasteiger partial charge in [-0.05, 0) is 60.2 Å². The Balaban J connectivity index is 1.69. The maximum absolute atomic E-state index is 5.77. The summed E-state index contributed by atoms with van der Waals surface area (Å²) < 4.78 is 16.3. The van der Waals surface area contributed by atoms with Gasteiger partial charge in [0.25, 0.3) is 0 Å². The second-order valence-corrected chi connectivity index (χ2v) is 5.28. The second kappa shape index (κ2) is 8.02. The van der Waals surface area contributed by atoms with E-state index in [0.29, 0.717) is 11.5 Å². The molecule has 0 unspecified atom stereocenters. The van der Waals surface area contributed by atoms with Crippen molar-refractivity contribution >= 4 is 11.9 Å². The SMILES string of the molecule is COc1ccc(C=Nc2ccc(Oc3ccccc3)cc2)cc1OC. The molecule has 0 saturated heterocycles. The van der Waals surface area contributed by atoms with Gasteiger partial charge in [-0.15, -0.1) is 0 Å². The number of aliphatic imine (C=N–C) groups is 1. The van der Waals surface area contributed by atoms with E-state index in [1.165, 1.54) is 0 Å². The fourth-order valence-electron chi connectivity index (χ4n) is 2.31. The van der Waals surface area contributed by atoms with Crippen molar-refractivity contribution < 1.29 is 14.2 Å². The minimum absolute atomic E-state index is 0.679. The monoisotopic (exact) mass is 333 g/mol. The predicted molar refractivity (Wildman–Crippen MR) is 99.8 cm³/mol. The number of methoxy groups -OCH3 is 2. The Hall–Kier alpha value is -3.27. The Bertz CT molecular complexity index is 843. The molecule has 0 aliphatic heterocycles. The van der Waals surface area contributed by atoms with Crippen LogP contribution >= 0.6 is 0 Å². The van der Waals surface area contributed by atoms with E-state index in [4.69, 9.17) is 14.2 Å². The molecule has 0 N–H and O–H groups in total. The number of ether oxygens (including phenoxy) is 3. The first-order valence-electron chi connectivity index (χ1n) is 7.87. The van der Waals surface area contributed by atoms with Gasteiger partial charge in [0.05, 0.1) is 19.9 Å². The lowest BCUT2D eigenvalue weighted by Gasteiger charge is -2.07. The average Bonchev–Trinajstić information content (AvgIpc) is 2.68. The zero-order valence-electron chi connectivity index (χ0n) is 14.2. The molecule has 0 heterocycles. The molecule has 0 saturated carbocycles. The molecule has 0 amide bonds. The van der Waals surface area contributed by atoms with Gasteiger partial charge in [-0.2, -0.15) is 0 Å². The van der Waals surface area contributed by atoms with Gasteiger partial charge >= 0.3 is 0 Å². The third kappa shape index (κ3) is 4.38. The summed E-state index contributed by atoms with van der Waals surface area (Å²) in [4.78, 5) is 4.48. The van der Waals surface area contributed by atoms with E-state index in [2.05, 4.69) is 4.99 Å². The third-order valence-electron chi connectivity index (χ3n) is 3.59. The fraction of sp³-hybridized carbons (Fsp3) is 0.0952. The minimum Gasteiger partial charge on any atom is -0.493 e. The number of benzene rings is 3. The highest BCUT2D eigenvalue weighted by atomic mass is 16.5. The van der Waals surface area contributed by atoms with Crippen LogP contribution in [0, 0.1) is 0 Å². The van der Waals surface area contributed by atoms with E-state index in [-0.39, 0.29) is 0 Å². The lowest BCUT2D eigenvalue weighted by Crippen LogP contribution is -1.91. The number of hydrogen-bond donors (Lipinski definition) is 0. The maximum atomic E-state index is 5.77. The summed E-state index contributed by atoms with van der Waals surface area (Å²) in [5, 5.41) is 0. The Morgan fingerprint density at radius 1 is 0.720 bits per heavy atom. The molecule has 0 aliphatic rings. The van der Waals surface area contributed by atoms with Gasteiger partial charge in [-0.1, -0.05) is 18.2 Å². The van der Waals surface area contributed by atoms with Gasteiger partial charge < -0.3 is 14.2 Å². The Morgan fingerprint density at radius 2 is 1.40 bits per heavy atom.